The Morgan fingerprint density at radius 2 is 1.96 bits per heavy atom. The fourth-order valence-electron chi connectivity index (χ4n) is 2.65. The first-order valence-corrected chi connectivity index (χ1v) is 8.32. The third-order valence-corrected chi connectivity index (χ3v) is 4.44. The first-order chi connectivity index (χ1) is 11.6. The van der Waals surface area contributed by atoms with Gasteiger partial charge in [0.1, 0.15) is 5.82 Å². The smallest absolute Gasteiger partial charge is 0.227 e. The molecule has 2 aromatic rings. The third kappa shape index (κ3) is 3.94. The maximum Gasteiger partial charge on any atom is 0.227 e. The lowest BCUT2D eigenvalue weighted by atomic mass is 10.2. The largest absolute Gasteiger partial charge is 0.366 e. The molecule has 0 unspecified atom stereocenters. The summed E-state index contributed by atoms with van der Waals surface area (Å²) in [6, 6.07) is 9.57. The topological polar surface area (TPSA) is 61.4 Å². The van der Waals surface area contributed by atoms with Gasteiger partial charge in [-0.25, -0.2) is 4.98 Å². The van der Waals surface area contributed by atoms with Crippen LogP contribution in [-0.2, 0) is 11.3 Å². The number of piperazine rings is 1. The number of aromatic nitrogens is 2. The van der Waals surface area contributed by atoms with Crippen LogP contribution < -0.4 is 10.2 Å². The number of nitrogens with one attached hydrogen (secondary N) is 1. The summed E-state index contributed by atoms with van der Waals surface area (Å²) in [5.41, 5.74) is 1.02. The molecule has 6 nitrogen and oxygen atoms in total. The van der Waals surface area contributed by atoms with Crippen molar-refractivity contribution in [1.82, 2.24) is 14.9 Å². The highest BCUT2D eigenvalue weighted by Gasteiger charge is 2.20. The molecule has 0 saturated carbocycles. The van der Waals surface area contributed by atoms with Gasteiger partial charge < -0.3 is 15.1 Å². The highest BCUT2D eigenvalue weighted by Crippen LogP contribution is 2.18. The van der Waals surface area contributed by atoms with Crippen LogP contribution in [0.1, 0.15) is 12.5 Å². The van der Waals surface area contributed by atoms with Gasteiger partial charge in [-0.2, -0.15) is 4.98 Å². The number of amides is 1. The van der Waals surface area contributed by atoms with Crippen molar-refractivity contribution in [1.29, 1.82) is 0 Å². The molecule has 3 rings (SSSR count). The van der Waals surface area contributed by atoms with Crippen LogP contribution in [-0.4, -0.2) is 47.0 Å². The van der Waals surface area contributed by atoms with Crippen molar-refractivity contribution in [2.24, 2.45) is 0 Å². The summed E-state index contributed by atoms with van der Waals surface area (Å²) < 4.78 is 0. The number of nitrogens with zero attached hydrogens (tertiary/aromatic N) is 4. The van der Waals surface area contributed by atoms with Crippen molar-refractivity contribution >= 4 is 29.3 Å². The zero-order valence-corrected chi connectivity index (χ0v) is 14.3. The molecule has 1 aliphatic heterocycles. The molecule has 1 aliphatic rings. The molecule has 1 aromatic carbocycles. The number of carbonyl (C=O) groups is 1. The van der Waals surface area contributed by atoms with Gasteiger partial charge in [0.25, 0.3) is 0 Å². The standard InChI is InChI=1S/C17H20ClN5O/c1-13(24)22-8-10-23(11-9-22)17-19-7-6-16(21-17)20-12-14-4-2-3-5-15(14)18/h2-7H,8-12H2,1H3,(H,19,20,21). The summed E-state index contributed by atoms with van der Waals surface area (Å²) in [6.07, 6.45) is 1.74. The molecular formula is C17H20ClN5O. The van der Waals surface area contributed by atoms with Gasteiger partial charge in [-0.3, -0.25) is 4.79 Å². The third-order valence-electron chi connectivity index (χ3n) is 4.07. The Morgan fingerprint density at radius 1 is 1.21 bits per heavy atom. The second-order valence-corrected chi connectivity index (χ2v) is 6.09. The lowest BCUT2D eigenvalue weighted by molar-refractivity contribution is -0.129. The van der Waals surface area contributed by atoms with Gasteiger partial charge >= 0.3 is 0 Å². The molecule has 0 spiro atoms. The molecule has 2 heterocycles. The van der Waals surface area contributed by atoms with Crippen molar-refractivity contribution in [2.45, 2.75) is 13.5 Å². The van der Waals surface area contributed by atoms with Gasteiger partial charge in [-0.15, -0.1) is 0 Å². The van der Waals surface area contributed by atoms with E-state index in [-0.39, 0.29) is 5.91 Å². The van der Waals surface area contributed by atoms with Crippen LogP contribution >= 0.6 is 11.6 Å². The second kappa shape index (κ2) is 7.49. The molecule has 0 bridgehead atoms. The van der Waals surface area contributed by atoms with E-state index >= 15 is 0 Å². The number of halogens is 1. The summed E-state index contributed by atoms with van der Waals surface area (Å²) in [7, 11) is 0. The Balaban J connectivity index is 1.62. The number of hydrogen-bond donors (Lipinski definition) is 1. The van der Waals surface area contributed by atoms with Crippen LogP contribution in [0, 0.1) is 0 Å². The van der Waals surface area contributed by atoms with Crippen molar-refractivity contribution in [2.75, 3.05) is 36.4 Å². The zero-order valence-electron chi connectivity index (χ0n) is 13.6. The molecule has 1 amide bonds. The van der Waals surface area contributed by atoms with E-state index in [0.717, 1.165) is 29.5 Å². The summed E-state index contributed by atoms with van der Waals surface area (Å²) in [5.74, 6) is 1.56. The van der Waals surface area contributed by atoms with E-state index < -0.39 is 0 Å². The highest BCUT2D eigenvalue weighted by atomic mass is 35.5. The molecule has 0 radical (unpaired) electrons. The van der Waals surface area contributed by atoms with E-state index in [9.17, 15) is 4.79 Å². The maximum absolute atomic E-state index is 11.4. The predicted octanol–water partition coefficient (Wildman–Crippen LogP) is 2.41. The van der Waals surface area contributed by atoms with Crippen LogP contribution in [0.15, 0.2) is 36.5 Å². The molecule has 1 aromatic heterocycles. The predicted molar refractivity (Wildman–Crippen MR) is 95.3 cm³/mol. The number of benzene rings is 1. The van der Waals surface area contributed by atoms with E-state index in [0.29, 0.717) is 25.6 Å². The molecule has 24 heavy (non-hydrogen) atoms. The minimum atomic E-state index is 0.116. The van der Waals surface area contributed by atoms with Crippen molar-refractivity contribution < 1.29 is 4.79 Å². The number of hydrogen-bond acceptors (Lipinski definition) is 5. The molecule has 1 N–H and O–H groups in total. The van der Waals surface area contributed by atoms with Crippen LogP contribution in [0.3, 0.4) is 0 Å². The van der Waals surface area contributed by atoms with Gasteiger partial charge in [0.2, 0.25) is 11.9 Å². The first-order valence-electron chi connectivity index (χ1n) is 7.94. The Morgan fingerprint density at radius 3 is 2.67 bits per heavy atom. The Labute approximate surface area is 146 Å². The molecule has 7 heteroatoms. The average molecular weight is 346 g/mol. The normalized spacial score (nSPS) is 14.6. The molecular weight excluding hydrogens is 326 g/mol. The SMILES string of the molecule is CC(=O)N1CCN(c2nccc(NCc3ccccc3Cl)n2)CC1. The fourth-order valence-corrected chi connectivity index (χ4v) is 2.85. The zero-order chi connectivity index (χ0) is 16.9. The minimum absolute atomic E-state index is 0.116. The van der Waals surface area contributed by atoms with Crippen LogP contribution in [0.2, 0.25) is 5.02 Å². The molecule has 1 fully saturated rings. The minimum Gasteiger partial charge on any atom is -0.366 e. The number of carbonyl (C=O) groups excluding carboxylic acids is 1. The van der Waals surface area contributed by atoms with Gasteiger partial charge in [-0.1, -0.05) is 29.8 Å². The van der Waals surface area contributed by atoms with E-state index in [1.165, 1.54) is 0 Å². The van der Waals surface area contributed by atoms with Gasteiger partial charge in [0.05, 0.1) is 0 Å². The molecule has 1 saturated heterocycles. The van der Waals surface area contributed by atoms with Gasteiger partial charge in [0, 0.05) is 50.9 Å². The lowest BCUT2D eigenvalue weighted by Gasteiger charge is -2.34. The van der Waals surface area contributed by atoms with Crippen LogP contribution in [0.4, 0.5) is 11.8 Å². The average Bonchev–Trinajstić information content (AvgIpc) is 2.61. The van der Waals surface area contributed by atoms with E-state index in [4.69, 9.17) is 11.6 Å². The van der Waals surface area contributed by atoms with Gasteiger partial charge in [-0.05, 0) is 17.7 Å². The van der Waals surface area contributed by atoms with Crippen molar-refractivity contribution in [3.63, 3.8) is 0 Å². The van der Waals surface area contributed by atoms with E-state index in [2.05, 4.69) is 20.2 Å². The Bertz CT molecular complexity index is 716. The Kier molecular flexibility index (Phi) is 5.15. The molecule has 126 valence electrons. The maximum atomic E-state index is 11.4. The summed E-state index contributed by atoms with van der Waals surface area (Å²) in [6.45, 7) is 5.10. The van der Waals surface area contributed by atoms with Crippen molar-refractivity contribution in [3.05, 3.63) is 47.1 Å². The Hall–Kier alpha value is -2.34. The summed E-state index contributed by atoms with van der Waals surface area (Å²) >= 11 is 6.17. The van der Waals surface area contributed by atoms with Gasteiger partial charge in [0.15, 0.2) is 0 Å². The first kappa shape index (κ1) is 16.5. The fraction of sp³-hybridized carbons (Fsp3) is 0.353. The van der Waals surface area contributed by atoms with Crippen LogP contribution in [0.5, 0.6) is 0 Å². The molecule has 0 aliphatic carbocycles. The number of anilines is 2. The summed E-state index contributed by atoms with van der Waals surface area (Å²) in [4.78, 5) is 24.3. The monoisotopic (exact) mass is 345 g/mol. The van der Waals surface area contributed by atoms with E-state index in [1.807, 2.05) is 35.2 Å². The molecule has 0 atom stereocenters. The van der Waals surface area contributed by atoms with Crippen molar-refractivity contribution in [3.8, 4) is 0 Å². The van der Waals surface area contributed by atoms with Crippen LogP contribution in [0.25, 0.3) is 0 Å². The highest BCUT2D eigenvalue weighted by molar-refractivity contribution is 6.31. The summed E-state index contributed by atoms with van der Waals surface area (Å²) in [5, 5.41) is 4.02. The number of rotatable bonds is 4. The quantitative estimate of drug-likeness (QED) is 0.922. The second-order valence-electron chi connectivity index (χ2n) is 5.68. The lowest BCUT2D eigenvalue weighted by Crippen LogP contribution is -2.48. The van der Waals surface area contributed by atoms with E-state index in [1.54, 1.807) is 13.1 Å².